The largest absolute Gasteiger partial charge is 0.313 e. The third-order valence-electron chi connectivity index (χ3n) is 3.98. The lowest BCUT2D eigenvalue weighted by atomic mass is 10.3. The lowest BCUT2D eigenvalue weighted by Crippen LogP contribution is -2.07. The van der Waals surface area contributed by atoms with Crippen LogP contribution in [-0.4, -0.2) is 34.7 Å². The van der Waals surface area contributed by atoms with Crippen molar-refractivity contribution >= 4 is 22.3 Å². The summed E-state index contributed by atoms with van der Waals surface area (Å²) in [6, 6.07) is 7.14. The summed E-state index contributed by atoms with van der Waals surface area (Å²) in [7, 11) is 0. The van der Waals surface area contributed by atoms with Crippen molar-refractivity contribution in [2.45, 2.75) is 26.4 Å². The molecule has 0 aliphatic rings. The molecule has 0 saturated heterocycles. The molecule has 4 rings (SSSR count). The topological polar surface area (TPSA) is 86.3 Å². The molecule has 0 radical (unpaired) electrons. The van der Waals surface area contributed by atoms with Crippen LogP contribution in [-0.2, 0) is 6.54 Å². The number of hydrogen-bond donors (Lipinski definition) is 1. The summed E-state index contributed by atoms with van der Waals surface area (Å²) in [5.41, 5.74) is 1.44. The maximum Gasteiger partial charge on any atom is 0.217 e. The lowest BCUT2D eigenvalue weighted by molar-refractivity contribution is 0.549. The van der Waals surface area contributed by atoms with Crippen LogP contribution < -0.4 is 5.32 Å². The monoisotopic (exact) mass is 384 g/mol. The van der Waals surface area contributed by atoms with Gasteiger partial charge in [0.25, 0.3) is 0 Å². The third kappa shape index (κ3) is 3.85. The Morgan fingerprint density at radius 2 is 2.07 bits per heavy atom. The predicted molar refractivity (Wildman–Crippen MR) is 99.5 cm³/mol. The highest BCUT2D eigenvalue weighted by Crippen LogP contribution is 2.26. The summed E-state index contributed by atoms with van der Waals surface area (Å²) in [4.78, 5) is 3.65. The Kier molecular flexibility index (Phi) is 4.63. The maximum atomic E-state index is 13.7. The Labute approximate surface area is 158 Å². The number of halogens is 1. The van der Waals surface area contributed by atoms with Crippen molar-refractivity contribution in [2.75, 3.05) is 5.32 Å². The van der Waals surface area contributed by atoms with Crippen molar-refractivity contribution in [1.29, 1.82) is 0 Å². The fourth-order valence-corrected chi connectivity index (χ4v) is 3.35. The fraction of sp³-hybridized carbons (Fsp3) is 0.235. The number of pyridine rings is 1. The first kappa shape index (κ1) is 17.3. The molecule has 0 saturated carbocycles. The molecule has 27 heavy (non-hydrogen) atoms. The molecule has 0 aliphatic carbocycles. The van der Waals surface area contributed by atoms with Gasteiger partial charge in [0.2, 0.25) is 11.1 Å². The van der Waals surface area contributed by atoms with Crippen LogP contribution in [0.1, 0.15) is 29.2 Å². The van der Waals surface area contributed by atoms with Gasteiger partial charge in [0.1, 0.15) is 11.0 Å². The predicted octanol–water partition coefficient (Wildman–Crippen LogP) is 3.17. The second-order valence-electron chi connectivity index (χ2n) is 6.04. The van der Waals surface area contributed by atoms with E-state index >= 15 is 0 Å². The molecule has 8 nitrogen and oxygen atoms in total. The molecule has 0 bridgehead atoms. The molecule has 10 heteroatoms. The zero-order chi connectivity index (χ0) is 18.8. The van der Waals surface area contributed by atoms with E-state index in [0.29, 0.717) is 23.1 Å². The summed E-state index contributed by atoms with van der Waals surface area (Å²) in [6.45, 7) is 4.27. The first-order chi connectivity index (χ1) is 13.1. The van der Waals surface area contributed by atoms with Crippen LogP contribution in [0.2, 0.25) is 0 Å². The molecule has 4 aromatic rings. The van der Waals surface area contributed by atoms with Gasteiger partial charge in [-0.15, -0.1) is 10.2 Å². The van der Waals surface area contributed by atoms with Crippen LogP contribution in [0.25, 0.3) is 0 Å². The number of aryl methyl sites for hydroxylation is 1. The molecule has 0 amide bonds. The van der Waals surface area contributed by atoms with E-state index in [1.807, 2.05) is 30.8 Å². The number of rotatable bonds is 6. The van der Waals surface area contributed by atoms with Gasteiger partial charge in [-0.3, -0.25) is 9.36 Å². The van der Waals surface area contributed by atoms with Gasteiger partial charge in [0.15, 0.2) is 5.82 Å². The van der Waals surface area contributed by atoms with E-state index in [4.69, 9.17) is 0 Å². The van der Waals surface area contributed by atoms with Gasteiger partial charge in [-0.2, -0.15) is 14.6 Å². The van der Waals surface area contributed by atoms with Gasteiger partial charge in [0, 0.05) is 30.2 Å². The van der Waals surface area contributed by atoms with E-state index in [1.54, 1.807) is 29.1 Å². The van der Waals surface area contributed by atoms with Gasteiger partial charge < -0.3 is 5.32 Å². The molecule has 1 atom stereocenters. The Morgan fingerprint density at radius 3 is 2.85 bits per heavy atom. The van der Waals surface area contributed by atoms with Crippen molar-refractivity contribution in [3.05, 3.63) is 65.1 Å². The molecule has 4 heterocycles. The highest BCUT2D eigenvalue weighted by Gasteiger charge is 2.15. The molecule has 0 fully saturated rings. The van der Waals surface area contributed by atoms with Crippen LogP contribution >= 0.6 is 11.3 Å². The first-order valence-corrected chi connectivity index (χ1v) is 9.15. The number of nitrogens with zero attached hydrogens (tertiary/aromatic N) is 7. The van der Waals surface area contributed by atoms with Gasteiger partial charge in [-0.05, 0) is 26.0 Å². The van der Waals surface area contributed by atoms with Crippen LogP contribution in [0.3, 0.4) is 0 Å². The number of aromatic nitrogens is 7. The minimum atomic E-state index is -0.487. The number of nitrogens with one attached hydrogen (secondary N) is 1. The molecule has 4 aromatic heterocycles. The van der Waals surface area contributed by atoms with Crippen LogP contribution in [0, 0.1) is 12.9 Å². The lowest BCUT2D eigenvalue weighted by Gasteiger charge is -2.07. The molecule has 0 aliphatic heterocycles. The Balaban J connectivity index is 1.44. The molecule has 0 aromatic carbocycles. The normalized spacial score (nSPS) is 12.3. The van der Waals surface area contributed by atoms with Gasteiger partial charge >= 0.3 is 0 Å². The van der Waals surface area contributed by atoms with E-state index < -0.39 is 5.95 Å². The van der Waals surface area contributed by atoms with Gasteiger partial charge in [-0.25, -0.2) is 4.98 Å². The molecule has 0 spiro atoms. The maximum absolute atomic E-state index is 13.7. The summed E-state index contributed by atoms with van der Waals surface area (Å²) in [6.07, 6.45) is 5.12. The summed E-state index contributed by atoms with van der Waals surface area (Å²) < 4.78 is 17.2. The fourth-order valence-electron chi connectivity index (χ4n) is 2.55. The second kappa shape index (κ2) is 7.23. The zero-order valence-electron chi connectivity index (χ0n) is 14.7. The highest BCUT2D eigenvalue weighted by molar-refractivity contribution is 7.15. The van der Waals surface area contributed by atoms with E-state index in [1.165, 1.54) is 17.5 Å². The Morgan fingerprint density at radius 1 is 1.19 bits per heavy atom. The van der Waals surface area contributed by atoms with Crippen LogP contribution in [0.15, 0.2) is 42.9 Å². The SMILES string of the molecule is Cc1ccn(C(C)c2nnc(Nc3ccn(Cc4cccnc4F)n3)s2)n1. The Hall–Kier alpha value is -3.14. The van der Waals surface area contributed by atoms with Crippen molar-refractivity contribution in [3.8, 4) is 0 Å². The first-order valence-electron chi connectivity index (χ1n) is 8.33. The Bertz CT molecular complexity index is 1050. The molecular weight excluding hydrogens is 367 g/mol. The minimum absolute atomic E-state index is 0.00198. The highest BCUT2D eigenvalue weighted by atomic mass is 32.1. The zero-order valence-corrected chi connectivity index (χ0v) is 15.6. The van der Waals surface area contributed by atoms with Crippen LogP contribution in [0.4, 0.5) is 15.3 Å². The summed E-state index contributed by atoms with van der Waals surface area (Å²) in [5, 5.41) is 21.8. The standard InChI is InChI=1S/C17H17FN8S/c1-11-5-9-26(23-11)12(2)16-21-22-17(27-16)20-14-6-8-25(24-14)10-13-4-3-7-19-15(13)18/h3-9,12H,10H2,1-2H3,(H,20,22,24). The van der Waals surface area contributed by atoms with E-state index in [0.717, 1.165) is 10.7 Å². The van der Waals surface area contributed by atoms with E-state index in [9.17, 15) is 4.39 Å². The van der Waals surface area contributed by atoms with Crippen molar-refractivity contribution in [2.24, 2.45) is 0 Å². The van der Waals surface area contributed by atoms with Crippen molar-refractivity contribution in [3.63, 3.8) is 0 Å². The number of hydrogen-bond acceptors (Lipinski definition) is 7. The average molecular weight is 384 g/mol. The van der Waals surface area contributed by atoms with E-state index in [2.05, 4.69) is 30.7 Å². The molecule has 1 N–H and O–H groups in total. The smallest absolute Gasteiger partial charge is 0.217 e. The van der Waals surface area contributed by atoms with Gasteiger partial charge in [0.05, 0.1) is 12.2 Å². The summed E-state index contributed by atoms with van der Waals surface area (Å²) >= 11 is 1.44. The minimum Gasteiger partial charge on any atom is -0.313 e. The molecular formula is C17H17FN8S. The number of anilines is 2. The van der Waals surface area contributed by atoms with E-state index in [-0.39, 0.29) is 6.04 Å². The molecule has 138 valence electrons. The van der Waals surface area contributed by atoms with Crippen molar-refractivity contribution < 1.29 is 4.39 Å². The summed E-state index contributed by atoms with van der Waals surface area (Å²) in [5.74, 6) is 0.128. The second-order valence-corrected chi connectivity index (χ2v) is 7.04. The average Bonchev–Trinajstić information content (AvgIpc) is 3.39. The quantitative estimate of drug-likeness (QED) is 0.514. The molecule has 1 unspecified atom stereocenters. The van der Waals surface area contributed by atoms with Gasteiger partial charge in [-0.1, -0.05) is 17.4 Å². The third-order valence-corrected chi connectivity index (χ3v) is 4.99. The van der Waals surface area contributed by atoms with Crippen molar-refractivity contribution in [1.82, 2.24) is 34.7 Å². The van der Waals surface area contributed by atoms with Crippen LogP contribution in [0.5, 0.6) is 0 Å².